The summed E-state index contributed by atoms with van der Waals surface area (Å²) in [7, 11) is 0. The molecule has 2 N–H and O–H groups in total. The summed E-state index contributed by atoms with van der Waals surface area (Å²) in [5.41, 5.74) is 3.97. The van der Waals surface area contributed by atoms with Gasteiger partial charge in [-0.2, -0.15) is 0 Å². The molecule has 27 heavy (non-hydrogen) atoms. The quantitative estimate of drug-likeness (QED) is 0.702. The molecular weight excluding hydrogens is 338 g/mol. The Bertz CT molecular complexity index is 787. The van der Waals surface area contributed by atoms with Crippen LogP contribution in [0.5, 0.6) is 0 Å². The topological polar surface area (TPSA) is 61.4 Å². The lowest BCUT2D eigenvalue weighted by Crippen LogP contribution is -2.42. The first kappa shape index (κ1) is 20.4. The predicted octanol–water partition coefficient (Wildman–Crippen LogP) is 3.68. The third-order valence-corrected chi connectivity index (χ3v) is 4.20. The van der Waals surface area contributed by atoms with Gasteiger partial charge in [0.25, 0.3) is 0 Å². The molecule has 142 valence electrons. The van der Waals surface area contributed by atoms with Gasteiger partial charge in [0.05, 0.1) is 6.54 Å². The van der Waals surface area contributed by atoms with Crippen LogP contribution in [0.25, 0.3) is 0 Å². The van der Waals surface area contributed by atoms with E-state index < -0.39 is 6.03 Å². The van der Waals surface area contributed by atoms with Gasteiger partial charge in [-0.3, -0.25) is 15.0 Å². The van der Waals surface area contributed by atoms with E-state index in [2.05, 4.69) is 29.3 Å². The van der Waals surface area contributed by atoms with Gasteiger partial charge < -0.3 is 5.32 Å². The second-order valence-electron chi connectivity index (χ2n) is 6.58. The van der Waals surface area contributed by atoms with Crippen molar-refractivity contribution >= 4 is 17.6 Å². The van der Waals surface area contributed by atoms with Gasteiger partial charge in [0.1, 0.15) is 0 Å². The first-order valence-electron chi connectivity index (χ1n) is 9.03. The minimum atomic E-state index is -0.520. The van der Waals surface area contributed by atoms with E-state index in [1.54, 1.807) is 6.08 Å². The van der Waals surface area contributed by atoms with Crippen molar-refractivity contribution in [1.29, 1.82) is 0 Å². The van der Waals surface area contributed by atoms with Gasteiger partial charge in [-0.05, 0) is 37.5 Å². The Morgan fingerprint density at radius 3 is 2.52 bits per heavy atom. The minimum absolute atomic E-state index is 0.138. The molecular formula is C22H27N3O2. The number of imide groups is 1. The SMILES string of the molecule is C=CCN(CCc1ccccc1)CC(=O)NC(=O)Nc1ccc(C)cc1C. The Balaban J connectivity index is 1.85. The molecule has 0 atom stereocenters. The molecule has 0 aliphatic rings. The van der Waals surface area contributed by atoms with Crippen molar-refractivity contribution in [3.05, 3.63) is 77.9 Å². The van der Waals surface area contributed by atoms with Crippen molar-refractivity contribution in [1.82, 2.24) is 10.2 Å². The number of hydrogen-bond donors (Lipinski definition) is 2. The number of amides is 3. The fourth-order valence-electron chi connectivity index (χ4n) is 2.83. The number of benzene rings is 2. The Morgan fingerprint density at radius 1 is 1.11 bits per heavy atom. The monoisotopic (exact) mass is 365 g/mol. The molecule has 0 spiro atoms. The van der Waals surface area contributed by atoms with Gasteiger partial charge in [0, 0.05) is 18.8 Å². The molecule has 0 radical (unpaired) electrons. The molecule has 5 heteroatoms. The molecule has 3 amide bonds. The second kappa shape index (κ2) is 10.3. The molecule has 2 aromatic carbocycles. The number of hydrogen-bond acceptors (Lipinski definition) is 3. The number of rotatable bonds is 8. The number of carbonyl (C=O) groups excluding carboxylic acids is 2. The zero-order valence-electron chi connectivity index (χ0n) is 16.0. The standard InChI is InChI=1S/C22H27N3O2/c1-4-13-25(14-12-19-8-6-5-7-9-19)16-21(26)24-22(27)23-20-11-10-17(2)15-18(20)3/h4-11,15H,1,12-14,16H2,2-3H3,(H2,23,24,26,27). The number of aryl methyl sites for hydroxylation is 2. The molecule has 2 aromatic rings. The zero-order chi connectivity index (χ0) is 19.6. The van der Waals surface area contributed by atoms with Gasteiger partial charge in [-0.1, -0.05) is 54.1 Å². The van der Waals surface area contributed by atoms with Gasteiger partial charge in [-0.15, -0.1) is 6.58 Å². The van der Waals surface area contributed by atoms with Crippen LogP contribution in [0, 0.1) is 13.8 Å². The first-order chi connectivity index (χ1) is 13.0. The van der Waals surface area contributed by atoms with Gasteiger partial charge in [0.15, 0.2) is 0 Å². The second-order valence-corrected chi connectivity index (χ2v) is 6.58. The van der Waals surface area contributed by atoms with Crippen LogP contribution in [0.1, 0.15) is 16.7 Å². The molecule has 0 fully saturated rings. The van der Waals surface area contributed by atoms with Crippen LogP contribution in [0.2, 0.25) is 0 Å². The van der Waals surface area contributed by atoms with E-state index in [1.165, 1.54) is 5.56 Å². The fourth-order valence-corrected chi connectivity index (χ4v) is 2.83. The van der Waals surface area contributed by atoms with E-state index in [0.29, 0.717) is 18.8 Å². The molecule has 0 saturated carbocycles. The minimum Gasteiger partial charge on any atom is -0.307 e. The molecule has 0 unspecified atom stereocenters. The van der Waals surface area contributed by atoms with E-state index in [0.717, 1.165) is 17.5 Å². The van der Waals surface area contributed by atoms with E-state index >= 15 is 0 Å². The number of urea groups is 1. The maximum Gasteiger partial charge on any atom is 0.325 e. The first-order valence-corrected chi connectivity index (χ1v) is 9.03. The zero-order valence-corrected chi connectivity index (χ0v) is 16.0. The summed E-state index contributed by atoms with van der Waals surface area (Å²) in [6.45, 7) is 9.08. The van der Waals surface area contributed by atoms with Gasteiger partial charge in [-0.25, -0.2) is 4.79 Å². The molecule has 2 rings (SSSR count). The van der Waals surface area contributed by atoms with E-state index in [4.69, 9.17) is 0 Å². The smallest absolute Gasteiger partial charge is 0.307 e. The molecule has 0 heterocycles. The lowest BCUT2D eigenvalue weighted by molar-refractivity contribution is -0.120. The molecule has 5 nitrogen and oxygen atoms in total. The largest absolute Gasteiger partial charge is 0.325 e. The van der Waals surface area contributed by atoms with Crippen LogP contribution in [-0.4, -0.2) is 36.5 Å². The predicted molar refractivity (Wildman–Crippen MR) is 110 cm³/mol. The summed E-state index contributed by atoms with van der Waals surface area (Å²) in [4.78, 5) is 26.3. The number of nitrogens with zero attached hydrogens (tertiary/aromatic N) is 1. The van der Waals surface area contributed by atoms with Crippen LogP contribution in [0.15, 0.2) is 61.2 Å². The summed E-state index contributed by atoms with van der Waals surface area (Å²) in [6.07, 6.45) is 2.59. The third kappa shape index (κ3) is 7.07. The van der Waals surface area contributed by atoms with E-state index in [1.807, 2.05) is 55.1 Å². The van der Waals surface area contributed by atoms with Crippen molar-refractivity contribution in [3.8, 4) is 0 Å². The van der Waals surface area contributed by atoms with Crippen LogP contribution in [0.3, 0.4) is 0 Å². The van der Waals surface area contributed by atoms with Crippen molar-refractivity contribution < 1.29 is 9.59 Å². The van der Waals surface area contributed by atoms with Gasteiger partial charge in [0.2, 0.25) is 5.91 Å². The molecule has 0 aromatic heterocycles. The van der Waals surface area contributed by atoms with Crippen LogP contribution in [-0.2, 0) is 11.2 Å². The number of anilines is 1. The van der Waals surface area contributed by atoms with Crippen molar-refractivity contribution in [2.45, 2.75) is 20.3 Å². The molecule has 0 bridgehead atoms. The van der Waals surface area contributed by atoms with Gasteiger partial charge >= 0.3 is 6.03 Å². The third-order valence-electron chi connectivity index (χ3n) is 4.20. The summed E-state index contributed by atoms with van der Waals surface area (Å²) >= 11 is 0. The highest BCUT2D eigenvalue weighted by Crippen LogP contribution is 2.15. The normalized spacial score (nSPS) is 10.5. The Morgan fingerprint density at radius 2 is 1.85 bits per heavy atom. The van der Waals surface area contributed by atoms with Crippen LogP contribution < -0.4 is 10.6 Å². The highest BCUT2D eigenvalue weighted by molar-refractivity contribution is 6.02. The van der Waals surface area contributed by atoms with Crippen LogP contribution in [0.4, 0.5) is 10.5 Å². The fraction of sp³-hybridized carbons (Fsp3) is 0.273. The summed E-state index contributed by atoms with van der Waals surface area (Å²) < 4.78 is 0. The summed E-state index contributed by atoms with van der Waals surface area (Å²) in [5.74, 6) is -0.341. The van der Waals surface area contributed by atoms with Crippen LogP contribution >= 0.6 is 0 Å². The number of carbonyl (C=O) groups is 2. The summed E-state index contributed by atoms with van der Waals surface area (Å²) in [5, 5.41) is 5.11. The van der Waals surface area contributed by atoms with E-state index in [-0.39, 0.29) is 12.5 Å². The highest BCUT2D eigenvalue weighted by Gasteiger charge is 2.13. The lowest BCUT2D eigenvalue weighted by atomic mass is 10.1. The molecule has 0 aliphatic heterocycles. The van der Waals surface area contributed by atoms with Crippen molar-refractivity contribution in [2.75, 3.05) is 25.0 Å². The van der Waals surface area contributed by atoms with Crippen molar-refractivity contribution in [3.63, 3.8) is 0 Å². The molecule has 0 aliphatic carbocycles. The van der Waals surface area contributed by atoms with E-state index in [9.17, 15) is 9.59 Å². The summed E-state index contributed by atoms with van der Waals surface area (Å²) in [6, 6.07) is 15.3. The molecule has 0 saturated heterocycles. The average Bonchev–Trinajstić information content (AvgIpc) is 2.63. The number of nitrogens with one attached hydrogen (secondary N) is 2. The lowest BCUT2D eigenvalue weighted by Gasteiger charge is -2.20. The Hall–Kier alpha value is -2.92. The average molecular weight is 365 g/mol. The highest BCUT2D eigenvalue weighted by atomic mass is 16.2. The Kier molecular flexibility index (Phi) is 7.77. The Labute approximate surface area is 161 Å². The van der Waals surface area contributed by atoms with Crippen molar-refractivity contribution in [2.24, 2.45) is 0 Å². The maximum atomic E-state index is 12.2. The maximum absolute atomic E-state index is 12.2.